The first-order valence-corrected chi connectivity index (χ1v) is 3.72. The molecule has 0 aliphatic heterocycles. The van der Waals surface area contributed by atoms with Crippen molar-refractivity contribution in [1.82, 2.24) is 9.97 Å². The molecule has 1 aromatic rings. The fourth-order valence-corrected chi connectivity index (χ4v) is 0.631. The van der Waals surface area contributed by atoms with Gasteiger partial charge in [0.1, 0.15) is 5.60 Å². The van der Waals surface area contributed by atoms with Gasteiger partial charge in [-0.05, 0) is 13.8 Å². The van der Waals surface area contributed by atoms with Gasteiger partial charge >= 0.3 is 0 Å². The van der Waals surface area contributed by atoms with Crippen LogP contribution in [0.25, 0.3) is 0 Å². The smallest absolute Gasteiger partial charge is 0.217 e. The third-order valence-corrected chi connectivity index (χ3v) is 1.38. The molecule has 0 aromatic carbocycles. The van der Waals surface area contributed by atoms with E-state index in [1.807, 2.05) is 13.8 Å². The standard InChI is InChI=1S/C8H12N3O/c1-8(2,5-9)12-7-3-4-10-6-11-7/h3-4H,5,9H2,1-2H3. The van der Waals surface area contributed by atoms with Gasteiger partial charge in [0.25, 0.3) is 0 Å². The van der Waals surface area contributed by atoms with Gasteiger partial charge in [-0.15, -0.1) is 0 Å². The first-order valence-electron chi connectivity index (χ1n) is 3.72. The molecule has 2 N–H and O–H groups in total. The number of ether oxygens (including phenoxy) is 1. The number of hydrogen-bond acceptors (Lipinski definition) is 4. The van der Waals surface area contributed by atoms with Crippen LogP contribution in [0.5, 0.6) is 5.88 Å². The Labute approximate surface area is 71.8 Å². The molecule has 0 fully saturated rings. The first-order chi connectivity index (χ1) is 5.64. The lowest BCUT2D eigenvalue weighted by atomic mass is 10.1. The Morgan fingerprint density at radius 1 is 1.67 bits per heavy atom. The van der Waals surface area contributed by atoms with Crippen LogP contribution in [0.4, 0.5) is 0 Å². The molecule has 0 aliphatic carbocycles. The van der Waals surface area contributed by atoms with Crippen LogP contribution in [0.3, 0.4) is 0 Å². The van der Waals surface area contributed by atoms with Gasteiger partial charge in [-0.2, -0.15) is 4.98 Å². The molecule has 1 radical (unpaired) electrons. The topological polar surface area (TPSA) is 61.0 Å². The van der Waals surface area contributed by atoms with Crippen molar-refractivity contribution in [3.63, 3.8) is 0 Å². The molecule has 0 saturated heterocycles. The van der Waals surface area contributed by atoms with Gasteiger partial charge in [-0.1, -0.05) is 0 Å². The predicted molar refractivity (Wildman–Crippen MR) is 44.6 cm³/mol. The molecule has 4 heteroatoms. The highest BCUT2D eigenvalue weighted by atomic mass is 16.5. The van der Waals surface area contributed by atoms with E-state index < -0.39 is 0 Å². The van der Waals surface area contributed by atoms with Gasteiger partial charge in [0, 0.05) is 18.8 Å². The van der Waals surface area contributed by atoms with Gasteiger partial charge < -0.3 is 10.5 Å². The van der Waals surface area contributed by atoms with Crippen molar-refractivity contribution in [3.05, 3.63) is 18.6 Å². The average Bonchev–Trinajstić information content (AvgIpc) is 2.06. The van der Waals surface area contributed by atoms with Gasteiger partial charge in [-0.3, -0.25) is 0 Å². The maximum atomic E-state index is 5.48. The third-order valence-electron chi connectivity index (χ3n) is 1.38. The second-order valence-electron chi connectivity index (χ2n) is 3.06. The van der Waals surface area contributed by atoms with E-state index in [4.69, 9.17) is 10.5 Å². The van der Waals surface area contributed by atoms with Crippen LogP contribution in [0, 0.1) is 6.33 Å². The average molecular weight is 166 g/mol. The van der Waals surface area contributed by atoms with Crippen LogP contribution >= 0.6 is 0 Å². The van der Waals surface area contributed by atoms with Gasteiger partial charge in [0.15, 0.2) is 0 Å². The van der Waals surface area contributed by atoms with E-state index in [1.165, 1.54) is 0 Å². The normalized spacial score (nSPS) is 11.2. The number of nitrogens with two attached hydrogens (primary N) is 1. The lowest BCUT2D eigenvalue weighted by molar-refractivity contribution is 0.112. The van der Waals surface area contributed by atoms with Crippen LogP contribution in [-0.2, 0) is 0 Å². The Bertz CT molecular complexity index is 235. The number of rotatable bonds is 3. The highest BCUT2D eigenvalue weighted by molar-refractivity contribution is 5.05. The summed E-state index contributed by atoms with van der Waals surface area (Å²) in [6.07, 6.45) is 4.02. The molecule has 1 aromatic heterocycles. The molecule has 12 heavy (non-hydrogen) atoms. The minimum absolute atomic E-state index is 0.387. The summed E-state index contributed by atoms with van der Waals surface area (Å²) in [7, 11) is 0. The first kappa shape index (κ1) is 8.93. The summed E-state index contributed by atoms with van der Waals surface area (Å²) in [6, 6.07) is 1.67. The molecule has 0 bridgehead atoms. The Kier molecular flexibility index (Phi) is 2.60. The predicted octanol–water partition coefficient (Wildman–Crippen LogP) is 0.393. The quantitative estimate of drug-likeness (QED) is 0.705. The van der Waals surface area contributed by atoms with Crippen LogP contribution in [-0.4, -0.2) is 22.1 Å². The molecular weight excluding hydrogens is 154 g/mol. The summed E-state index contributed by atoms with van der Waals surface area (Å²) in [4.78, 5) is 7.45. The summed E-state index contributed by atoms with van der Waals surface area (Å²) >= 11 is 0. The van der Waals surface area contributed by atoms with Gasteiger partial charge in [-0.25, -0.2) is 4.98 Å². The molecule has 0 spiro atoms. The third kappa shape index (κ3) is 2.47. The zero-order chi connectivity index (χ0) is 9.03. The van der Waals surface area contributed by atoms with E-state index in [9.17, 15) is 0 Å². The van der Waals surface area contributed by atoms with Crippen molar-refractivity contribution in [2.24, 2.45) is 5.73 Å². The number of aromatic nitrogens is 2. The highest BCUT2D eigenvalue weighted by Gasteiger charge is 2.17. The van der Waals surface area contributed by atoms with Crippen molar-refractivity contribution in [2.75, 3.05) is 6.54 Å². The van der Waals surface area contributed by atoms with Crippen molar-refractivity contribution in [1.29, 1.82) is 0 Å². The monoisotopic (exact) mass is 166 g/mol. The Morgan fingerprint density at radius 2 is 2.42 bits per heavy atom. The lowest BCUT2D eigenvalue weighted by Gasteiger charge is -2.23. The molecule has 0 amide bonds. The SMILES string of the molecule is CC(C)(CN)Oc1ccn[c]n1. The molecule has 0 unspecified atom stereocenters. The summed E-state index contributed by atoms with van der Waals surface area (Å²) in [5, 5.41) is 0. The van der Waals surface area contributed by atoms with Gasteiger partial charge in [0.2, 0.25) is 12.2 Å². The Morgan fingerprint density at radius 3 is 2.92 bits per heavy atom. The Balaban J connectivity index is 2.64. The number of hydrogen-bond donors (Lipinski definition) is 1. The molecular formula is C8H12N3O. The Hall–Kier alpha value is -1.16. The molecule has 0 atom stereocenters. The minimum Gasteiger partial charge on any atom is -0.470 e. The van der Waals surface area contributed by atoms with Crippen LogP contribution < -0.4 is 10.5 Å². The molecule has 4 nitrogen and oxygen atoms in total. The fourth-order valence-electron chi connectivity index (χ4n) is 0.631. The molecule has 0 aliphatic rings. The van der Waals surface area contributed by atoms with Crippen molar-refractivity contribution >= 4 is 0 Å². The highest BCUT2D eigenvalue weighted by Crippen LogP contribution is 2.12. The van der Waals surface area contributed by atoms with E-state index in [0.29, 0.717) is 12.4 Å². The maximum Gasteiger partial charge on any atom is 0.217 e. The molecule has 1 heterocycles. The van der Waals surface area contributed by atoms with Crippen LogP contribution in [0.2, 0.25) is 0 Å². The molecule has 65 valence electrons. The summed E-state index contributed by atoms with van der Waals surface area (Å²) in [6.45, 7) is 4.24. The summed E-state index contributed by atoms with van der Waals surface area (Å²) < 4.78 is 5.44. The minimum atomic E-state index is -0.387. The van der Waals surface area contributed by atoms with Crippen molar-refractivity contribution < 1.29 is 4.74 Å². The van der Waals surface area contributed by atoms with Crippen molar-refractivity contribution in [3.8, 4) is 5.88 Å². The second kappa shape index (κ2) is 3.49. The zero-order valence-corrected chi connectivity index (χ0v) is 7.24. The van der Waals surface area contributed by atoms with Crippen molar-refractivity contribution in [2.45, 2.75) is 19.4 Å². The zero-order valence-electron chi connectivity index (χ0n) is 7.24. The fraction of sp³-hybridized carbons (Fsp3) is 0.500. The van der Waals surface area contributed by atoms with E-state index in [1.54, 1.807) is 12.3 Å². The van der Waals surface area contributed by atoms with E-state index in [0.717, 1.165) is 0 Å². The van der Waals surface area contributed by atoms with Crippen LogP contribution in [0.15, 0.2) is 12.3 Å². The van der Waals surface area contributed by atoms with Gasteiger partial charge in [0.05, 0.1) is 0 Å². The van der Waals surface area contributed by atoms with E-state index >= 15 is 0 Å². The van der Waals surface area contributed by atoms with E-state index in [2.05, 4.69) is 16.3 Å². The summed E-state index contributed by atoms with van der Waals surface area (Å²) in [5.41, 5.74) is 5.09. The summed E-state index contributed by atoms with van der Waals surface area (Å²) in [5.74, 6) is 0.500. The lowest BCUT2D eigenvalue weighted by Crippen LogP contribution is -2.37. The molecule has 0 saturated carbocycles. The van der Waals surface area contributed by atoms with E-state index in [-0.39, 0.29) is 5.60 Å². The maximum absolute atomic E-state index is 5.48. The largest absolute Gasteiger partial charge is 0.470 e. The second-order valence-corrected chi connectivity index (χ2v) is 3.06. The number of nitrogens with zero attached hydrogens (tertiary/aromatic N) is 2. The molecule has 1 rings (SSSR count). The van der Waals surface area contributed by atoms with Crippen LogP contribution in [0.1, 0.15) is 13.8 Å².